The molecule has 1 unspecified atom stereocenters. The van der Waals surface area contributed by atoms with Crippen LogP contribution in [-0.2, 0) is 0 Å². The minimum Gasteiger partial charge on any atom is -0.464 e. The van der Waals surface area contributed by atoms with Crippen LogP contribution in [0.15, 0.2) is 41.5 Å². The summed E-state index contributed by atoms with van der Waals surface area (Å²) in [6.07, 6.45) is 4.15. The first-order valence-electron chi connectivity index (χ1n) is 7.74. The summed E-state index contributed by atoms with van der Waals surface area (Å²) in [6, 6.07) is 5.38. The molecular weight excluding hydrogens is 338 g/mol. The third kappa shape index (κ3) is 2.17. The second kappa shape index (κ2) is 5.58. The molecule has 0 saturated carbocycles. The molecule has 0 fully saturated rings. The molecule has 26 heavy (non-hydrogen) atoms. The average molecular weight is 349 g/mol. The highest BCUT2D eigenvalue weighted by atomic mass is 16.5. The summed E-state index contributed by atoms with van der Waals surface area (Å²) in [6.45, 7) is 1.84. The van der Waals surface area contributed by atoms with E-state index in [2.05, 4.69) is 40.6 Å². The van der Waals surface area contributed by atoms with E-state index in [9.17, 15) is 0 Å². The standard InChI is InChI=1S/C15H11N9O2/c1-8(12-17-7-18-19-12)26-15-11-9(3-2-5-16-11)13-20-21-14(24(13)22-15)10-4-6-25-23-10/h2-8H,1H3,(H,17,18,19). The maximum absolute atomic E-state index is 5.99. The largest absolute Gasteiger partial charge is 0.464 e. The molecule has 0 aliphatic carbocycles. The molecule has 0 aliphatic heterocycles. The van der Waals surface area contributed by atoms with E-state index in [0.29, 0.717) is 34.4 Å². The summed E-state index contributed by atoms with van der Waals surface area (Å²) >= 11 is 0. The highest BCUT2D eigenvalue weighted by molar-refractivity contribution is 5.94. The molecular formula is C15H11N9O2. The SMILES string of the molecule is CC(Oc1nn2c(-c3ccon3)nnc2c2cccnc12)c1ncn[nH]1. The molecule has 5 rings (SSSR count). The number of hydrogen-bond acceptors (Lipinski definition) is 9. The first-order chi connectivity index (χ1) is 12.8. The lowest BCUT2D eigenvalue weighted by atomic mass is 10.3. The van der Waals surface area contributed by atoms with Gasteiger partial charge in [0.05, 0.1) is 5.39 Å². The molecule has 0 aromatic carbocycles. The van der Waals surface area contributed by atoms with Crippen LogP contribution in [0.25, 0.3) is 28.1 Å². The van der Waals surface area contributed by atoms with E-state index in [1.54, 1.807) is 16.8 Å². The molecule has 0 amide bonds. The first-order valence-corrected chi connectivity index (χ1v) is 7.74. The molecule has 0 aliphatic rings. The van der Waals surface area contributed by atoms with Gasteiger partial charge in [-0.1, -0.05) is 5.16 Å². The van der Waals surface area contributed by atoms with Crippen LogP contribution in [-0.4, -0.2) is 45.1 Å². The van der Waals surface area contributed by atoms with Crippen LogP contribution >= 0.6 is 0 Å². The lowest BCUT2D eigenvalue weighted by Gasteiger charge is -2.13. The Hall–Kier alpha value is -3.89. The van der Waals surface area contributed by atoms with Gasteiger partial charge in [0.25, 0.3) is 5.88 Å². The van der Waals surface area contributed by atoms with E-state index in [1.807, 2.05) is 19.1 Å². The number of pyridine rings is 1. The molecule has 1 N–H and O–H groups in total. The number of nitrogens with one attached hydrogen (secondary N) is 1. The van der Waals surface area contributed by atoms with Gasteiger partial charge >= 0.3 is 0 Å². The van der Waals surface area contributed by atoms with E-state index in [1.165, 1.54) is 12.6 Å². The van der Waals surface area contributed by atoms with Crippen LogP contribution in [0.3, 0.4) is 0 Å². The molecule has 5 aromatic rings. The van der Waals surface area contributed by atoms with Gasteiger partial charge in [0.2, 0.25) is 5.82 Å². The minimum atomic E-state index is -0.403. The fourth-order valence-corrected chi connectivity index (χ4v) is 2.64. The maximum atomic E-state index is 5.99. The Labute approximate surface area is 145 Å². The summed E-state index contributed by atoms with van der Waals surface area (Å²) < 4.78 is 12.5. The Morgan fingerprint density at radius 2 is 2.19 bits per heavy atom. The molecule has 0 saturated heterocycles. The second-order valence-electron chi connectivity index (χ2n) is 5.48. The van der Waals surface area contributed by atoms with Crippen molar-refractivity contribution in [2.45, 2.75) is 13.0 Å². The molecule has 128 valence electrons. The molecule has 11 nitrogen and oxygen atoms in total. The van der Waals surface area contributed by atoms with Gasteiger partial charge in [-0.2, -0.15) is 9.61 Å². The van der Waals surface area contributed by atoms with Crippen molar-refractivity contribution >= 4 is 16.6 Å². The summed E-state index contributed by atoms with van der Waals surface area (Å²) in [4.78, 5) is 8.50. The zero-order valence-electron chi connectivity index (χ0n) is 13.4. The van der Waals surface area contributed by atoms with E-state index in [4.69, 9.17) is 9.26 Å². The summed E-state index contributed by atoms with van der Waals surface area (Å²) in [5, 5.41) is 24.2. The zero-order valence-corrected chi connectivity index (χ0v) is 13.4. The maximum Gasteiger partial charge on any atom is 0.259 e. The molecule has 5 aromatic heterocycles. The second-order valence-corrected chi connectivity index (χ2v) is 5.48. The Morgan fingerprint density at radius 3 is 3.00 bits per heavy atom. The number of H-pyrrole nitrogens is 1. The minimum absolute atomic E-state index is 0.321. The first kappa shape index (κ1) is 14.5. The highest BCUT2D eigenvalue weighted by Crippen LogP contribution is 2.29. The fraction of sp³-hybridized carbons (Fsp3) is 0.133. The number of rotatable bonds is 4. The molecule has 0 radical (unpaired) electrons. The molecule has 5 heterocycles. The van der Waals surface area contributed by atoms with Gasteiger partial charge in [-0.05, 0) is 19.1 Å². The van der Waals surface area contributed by atoms with Crippen molar-refractivity contribution < 1.29 is 9.26 Å². The lowest BCUT2D eigenvalue weighted by molar-refractivity contribution is 0.207. The van der Waals surface area contributed by atoms with Crippen molar-refractivity contribution in [2.24, 2.45) is 0 Å². The zero-order chi connectivity index (χ0) is 17.5. The highest BCUT2D eigenvalue weighted by Gasteiger charge is 2.20. The number of aromatic nitrogens is 9. The topological polar surface area (TPSA) is 133 Å². The van der Waals surface area contributed by atoms with E-state index in [0.717, 1.165) is 5.39 Å². The fourth-order valence-electron chi connectivity index (χ4n) is 2.64. The third-order valence-electron chi connectivity index (χ3n) is 3.86. The lowest BCUT2D eigenvalue weighted by Crippen LogP contribution is -2.09. The predicted molar refractivity (Wildman–Crippen MR) is 87.0 cm³/mol. The van der Waals surface area contributed by atoms with Crippen LogP contribution in [0, 0.1) is 0 Å². The van der Waals surface area contributed by atoms with Gasteiger partial charge in [-0.25, -0.2) is 4.98 Å². The van der Waals surface area contributed by atoms with Gasteiger partial charge in [-0.3, -0.25) is 10.1 Å². The average Bonchev–Trinajstić information content (AvgIpc) is 3.41. The molecule has 0 bridgehead atoms. The number of hydrogen-bond donors (Lipinski definition) is 1. The summed E-state index contributed by atoms with van der Waals surface area (Å²) in [7, 11) is 0. The van der Waals surface area contributed by atoms with Gasteiger partial charge < -0.3 is 9.26 Å². The molecule has 11 heteroatoms. The number of ether oxygens (including phenoxy) is 1. The normalized spacial score (nSPS) is 12.7. The van der Waals surface area contributed by atoms with Gasteiger partial charge in [0.15, 0.2) is 23.3 Å². The van der Waals surface area contributed by atoms with Crippen molar-refractivity contribution in [2.75, 3.05) is 0 Å². The van der Waals surface area contributed by atoms with E-state index >= 15 is 0 Å². The number of nitrogens with zero attached hydrogens (tertiary/aromatic N) is 8. The Morgan fingerprint density at radius 1 is 1.23 bits per heavy atom. The van der Waals surface area contributed by atoms with Crippen molar-refractivity contribution in [3.63, 3.8) is 0 Å². The van der Waals surface area contributed by atoms with Crippen LogP contribution in [0.1, 0.15) is 18.9 Å². The van der Waals surface area contributed by atoms with Crippen molar-refractivity contribution in [1.29, 1.82) is 0 Å². The monoisotopic (exact) mass is 349 g/mol. The van der Waals surface area contributed by atoms with Crippen LogP contribution in [0.2, 0.25) is 0 Å². The van der Waals surface area contributed by atoms with Gasteiger partial charge in [0.1, 0.15) is 18.1 Å². The van der Waals surface area contributed by atoms with Crippen LogP contribution in [0.5, 0.6) is 5.88 Å². The Bertz CT molecular complexity index is 1180. The van der Waals surface area contributed by atoms with E-state index < -0.39 is 6.10 Å². The van der Waals surface area contributed by atoms with Crippen LogP contribution in [0.4, 0.5) is 0 Å². The summed E-state index contributed by atoms with van der Waals surface area (Å²) in [5.41, 5.74) is 1.64. The Kier molecular flexibility index (Phi) is 3.10. The summed E-state index contributed by atoms with van der Waals surface area (Å²) in [5.74, 6) is 1.34. The molecule has 0 spiro atoms. The predicted octanol–water partition coefficient (Wildman–Crippen LogP) is 1.59. The molecule has 1 atom stereocenters. The third-order valence-corrected chi connectivity index (χ3v) is 3.86. The van der Waals surface area contributed by atoms with Crippen molar-refractivity contribution in [1.82, 2.24) is 45.1 Å². The number of fused-ring (bicyclic) bond motifs is 3. The smallest absolute Gasteiger partial charge is 0.259 e. The Balaban J connectivity index is 1.71. The van der Waals surface area contributed by atoms with Gasteiger partial charge in [-0.15, -0.1) is 15.3 Å². The number of aromatic amines is 1. The quantitative estimate of drug-likeness (QED) is 0.513. The van der Waals surface area contributed by atoms with Crippen molar-refractivity contribution in [3.8, 4) is 17.4 Å². The van der Waals surface area contributed by atoms with Gasteiger partial charge in [0, 0.05) is 12.3 Å². The van der Waals surface area contributed by atoms with Crippen molar-refractivity contribution in [3.05, 3.63) is 42.8 Å². The van der Waals surface area contributed by atoms with Crippen LogP contribution < -0.4 is 4.74 Å². The van der Waals surface area contributed by atoms with E-state index in [-0.39, 0.29) is 0 Å².